The van der Waals surface area contributed by atoms with E-state index in [-0.39, 0.29) is 6.54 Å². The first-order chi connectivity index (χ1) is 9.93. The topological polar surface area (TPSA) is 78.4 Å². The minimum Gasteiger partial charge on any atom is -0.393 e. The van der Waals surface area contributed by atoms with E-state index in [0.29, 0.717) is 24.4 Å². The molecule has 0 saturated carbocycles. The van der Waals surface area contributed by atoms with Gasteiger partial charge in [0.1, 0.15) is 0 Å². The number of benzene rings is 1. The second-order valence-corrected chi connectivity index (χ2v) is 5.34. The van der Waals surface area contributed by atoms with Crippen LogP contribution >= 0.6 is 0 Å². The molecule has 1 aromatic carbocycles. The lowest BCUT2D eigenvalue weighted by Crippen LogP contribution is -2.36. The molecule has 0 aliphatic carbocycles. The smallest absolute Gasteiger partial charge is 0.313 e. The molecular formula is C16H24N2O3. The molecule has 0 radical (unpaired) electrons. The summed E-state index contributed by atoms with van der Waals surface area (Å²) in [6.07, 6.45) is 0.625. The molecule has 5 nitrogen and oxygen atoms in total. The summed E-state index contributed by atoms with van der Waals surface area (Å²) in [5.74, 6) is -0.965. The summed E-state index contributed by atoms with van der Waals surface area (Å²) >= 11 is 0. The summed E-state index contributed by atoms with van der Waals surface area (Å²) in [6.45, 7) is 6.32. The van der Waals surface area contributed by atoms with Crippen LogP contribution in [-0.4, -0.2) is 29.6 Å². The third-order valence-corrected chi connectivity index (χ3v) is 3.28. The third-order valence-electron chi connectivity index (χ3n) is 3.28. The Morgan fingerprint density at radius 2 is 1.76 bits per heavy atom. The van der Waals surface area contributed by atoms with Crippen LogP contribution < -0.4 is 10.6 Å². The molecule has 0 fully saturated rings. The van der Waals surface area contributed by atoms with Gasteiger partial charge < -0.3 is 15.7 Å². The van der Waals surface area contributed by atoms with E-state index in [1.165, 1.54) is 5.56 Å². The number of aliphatic hydroxyl groups excluding tert-OH is 1. The van der Waals surface area contributed by atoms with Crippen molar-refractivity contribution in [2.75, 3.05) is 11.9 Å². The van der Waals surface area contributed by atoms with Crippen LogP contribution in [0.1, 0.15) is 45.1 Å². The van der Waals surface area contributed by atoms with Crippen molar-refractivity contribution in [2.45, 2.75) is 45.6 Å². The highest BCUT2D eigenvalue weighted by Gasteiger charge is 2.13. The first-order valence-electron chi connectivity index (χ1n) is 7.31. The number of hydrogen-bond donors (Lipinski definition) is 3. The highest BCUT2D eigenvalue weighted by Crippen LogP contribution is 2.16. The van der Waals surface area contributed by atoms with E-state index in [1.807, 2.05) is 19.1 Å². The minimum atomic E-state index is -0.696. The second-order valence-electron chi connectivity index (χ2n) is 5.34. The Bertz CT molecular complexity index is 469. The number of carbonyl (C=O) groups is 2. The van der Waals surface area contributed by atoms with Crippen LogP contribution in [0.2, 0.25) is 0 Å². The first kappa shape index (κ1) is 17.2. The van der Waals surface area contributed by atoms with Crippen LogP contribution in [0.15, 0.2) is 24.3 Å². The zero-order chi connectivity index (χ0) is 15.8. The molecule has 0 saturated heterocycles. The Morgan fingerprint density at radius 1 is 1.14 bits per heavy atom. The zero-order valence-electron chi connectivity index (χ0n) is 12.8. The van der Waals surface area contributed by atoms with Gasteiger partial charge in [-0.2, -0.15) is 0 Å². The molecule has 2 amide bonds. The Balaban J connectivity index is 2.43. The van der Waals surface area contributed by atoms with Gasteiger partial charge >= 0.3 is 11.8 Å². The van der Waals surface area contributed by atoms with Crippen molar-refractivity contribution in [3.63, 3.8) is 0 Å². The molecule has 0 spiro atoms. The van der Waals surface area contributed by atoms with E-state index in [2.05, 4.69) is 24.5 Å². The predicted octanol–water partition coefficient (Wildman–Crippen LogP) is 2.03. The summed E-state index contributed by atoms with van der Waals surface area (Å²) in [5, 5.41) is 14.4. The van der Waals surface area contributed by atoms with Gasteiger partial charge in [-0.15, -0.1) is 0 Å². The molecule has 0 aromatic heterocycles. The summed E-state index contributed by atoms with van der Waals surface area (Å²) in [5.41, 5.74) is 1.76. The van der Waals surface area contributed by atoms with Gasteiger partial charge in [-0.3, -0.25) is 9.59 Å². The maximum atomic E-state index is 11.7. The summed E-state index contributed by atoms with van der Waals surface area (Å²) in [7, 11) is 0. The number of rotatable bonds is 6. The fourth-order valence-corrected chi connectivity index (χ4v) is 1.78. The molecular weight excluding hydrogens is 268 g/mol. The zero-order valence-corrected chi connectivity index (χ0v) is 12.8. The Morgan fingerprint density at radius 3 is 2.29 bits per heavy atom. The van der Waals surface area contributed by atoms with Crippen molar-refractivity contribution in [2.24, 2.45) is 0 Å². The van der Waals surface area contributed by atoms with Crippen LogP contribution in [-0.2, 0) is 9.59 Å². The highest BCUT2D eigenvalue weighted by atomic mass is 16.3. The van der Waals surface area contributed by atoms with Crippen LogP contribution in [0.3, 0.4) is 0 Å². The predicted molar refractivity (Wildman–Crippen MR) is 83.1 cm³/mol. The van der Waals surface area contributed by atoms with Crippen LogP contribution in [0.25, 0.3) is 0 Å². The van der Waals surface area contributed by atoms with Gasteiger partial charge in [0, 0.05) is 12.2 Å². The fraction of sp³-hybridized carbons (Fsp3) is 0.500. The second kappa shape index (κ2) is 8.42. The number of carbonyl (C=O) groups excluding carboxylic acids is 2. The lowest BCUT2D eigenvalue weighted by atomic mass is 10.0. The summed E-state index contributed by atoms with van der Waals surface area (Å²) in [6, 6.07) is 7.41. The number of nitrogens with one attached hydrogen (secondary N) is 2. The van der Waals surface area contributed by atoms with Crippen LogP contribution in [0.5, 0.6) is 0 Å². The minimum absolute atomic E-state index is 0.285. The molecule has 21 heavy (non-hydrogen) atoms. The molecule has 5 heteroatoms. The van der Waals surface area contributed by atoms with Crippen molar-refractivity contribution in [1.29, 1.82) is 0 Å². The molecule has 0 bridgehead atoms. The monoisotopic (exact) mass is 292 g/mol. The van der Waals surface area contributed by atoms with Gasteiger partial charge in [-0.1, -0.05) is 32.9 Å². The normalized spacial score (nSPS) is 12.0. The van der Waals surface area contributed by atoms with Gasteiger partial charge in [0.05, 0.1) is 6.10 Å². The van der Waals surface area contributed by atoms with Crippen LogP contribution in [0, 0.1) is 0 Å². The van der Waals surface area contributed by atoms with Crippen molar-refractivity contribution >= 4 is 17.5 Å². The number of hydrogen-bond acceptors (Lipinski definition) is 3. The van der Waals surface area contributed by atoms with Crippen molar-refractivity contribution in [1.82, 2.24) is 5.32 Å². The van der Waals surface area contributed by atoms with E-state index in [4.69, 9.17) is 0 Å². The molecule has 0 aliphatic heterocycles. The molecule has 1 atom stereocenters. The van der Waals surface area contributed by atoms with Gasteiger partial charge in [0.15, 0.2) is 0 Å². The Kier molecular flexibility index (Phi) is 6.88. The van der Waals surface area contributed by atoms with Crippen molar-refractivity contribution < 1.29 is 14.7 Å². The molecule has 116 valence electrons. The maximum absolute atomic E-state index is 11.7. The number of anilines is 1. The van der Waals surface area contributed by atoms with Crippen molar-refractivity contribution in [3.05, 3.63) is 29.8 Å². The lowest BCUT2D eigenvalue weighted by molar-refractivity contribution is -0.136. The van der Waals surface area contributed by atoms with Gasteiger partial charge in [0.25, 0.3) is 0 Å². The number of aliphatic hydroxyl groups is 1. The summed E-state index contributed by atoms with van der Waals surface area (Å²) < 4.78 is 0. The lowest BCUT2D eigenvalue weighted by Gasteiger charge is -2.10. The van der Waals surface area contributed by atoms with Crippen LogP contribution in [0.4, 0.5) is 5.69 Å². The molecule has 0 aliphatic rings. The van der Waals surface area contributed by atoms with E-state index in [1.54, 1.807) is 12.1 Å². The fourth-order valence-electron chi connectivity index (χ4n) is 1.78. The molecule has 3 N–H and O–H groups in total. The molecule has 0 heterocycles. The highest BCUT2D eigenvalue weighted by molar-refractivity contribution is 6.39. The first-order valence-corrected chi connectivity index (χ1v) is 7.31. The van der Waals surface area contributed by atoms with Crippen molar-refractivity contribution in [3.8, 4) is 0 Å². The average molecular weight is 292 g/mol. The van der Waals surface area contributed by atoms with E-state index in [0.717, 1.165) is 0 Å². The van der Waals surface area contributed by atoms with E-state index in [9.17, 15) is 14.7 Å². The van der Waals surface area contributed by atoms with E-state index < -0.39 is 17.9 Å². The molecule has 1 rings (SSSR count). The largest absolute Gasteiger partial charge is 0.393 e. The molecule has 1 aromatic rings. The SMILES string of the molecule is CCC(O)CCNC(=O)C(=O)Nc1ccc(C(C)C)cc1. The molecule has 1 unspecified atom stereocenters. The third kappa shape index (κ3) is 5.95. The Hall–Kier alpha value is -1.88. The summed E-state index contributed by atoms with van der Waals surface area (Å²) in [4.78, 5) is 23.3. The van der Waals surface area contributed by atoms with Gasteiger partial charge in [-0.05, 0) is 36.5 Å². The standard InChI is InChI=1S/C16H24N2O3/c1-4-14(19)9-10-17-15(20)16(21)18-13-7-5-12(6-8-13)11(2)3/h5-8,11,14,19H,4,9-10H2,1-3H3,(H,17,20)(H,18,21). The van der Waals surface area contributed by atoms with Gasteiger partial charge in [-0.25, -0.2) is 0 Å². The Labute approximate surface area is 125 Å². The maximum Gasteiger partial charge on any atom is 0.313 e. The van der Waals surface area contributed by atoms with Gasteiger partial charge in [0.2, 0.25) is 0 Å². The number of amides is 2. The quantitative estimate of drug-likeness (QED) is 0.702. The van der Waals surface area contributed by atoms with E-state index >= 15 is 0 Å². The average Bonchev–Trinajstić information content (AvgIpc) is 2.47.